The Kier molecular flexibility index (Phi) is 5.03. The van der Waals surface area contributed by atoms with Crippen LogP contribution in [0.2, 0.25) is 5.02 Å². The second-order valence-corrected chi connectivity index (χ2v) is 8.72. The van der Waals surface area contributed by atoms with Crippen LogP contribution in [0.4, 0.5) is 5.69 Å². The normalized spacial score (nSPS) is 12.9. The summed E-state index contributed by atoms with van der Waals surface area (Å²) in [5.41, 5.74) is 6.11. The van der Waals surface area contributed by atoms with E-state index >= 15 is 0 Å². The summed E-state index contributed by atoms with van der Waals surface area (Å²) in [4.78, 5) is 9.02. The van der Waals surface area contributed by atoms with Crippen LogP contribution in [-0.4, -0.2) is 17.1 Å². The van der Waals surface area contributed by atoms with Crippen molar-refractivity contribution >= 4 is 45.8 Å². The van der Waals surface area contributed by atoms with Gasteiger partial charge in [-0.3, -0.25) is 0 Å². The molecular weight excluding hydrogens is 432 g/mol. The van der Waals surface area contributed by atoms with Crippen LogP contribution in [0.15, 0.2) is 72.1 Å². The summed E-state index contributed by atoms with van der Waals surface area (Å²) < 4.78 is 5.40. The summed E-state index contributed by atoms with van der Waals surface area (Å²) in [7, 11) is 1.67. The van der Waals surface area contributed by atoms with Gasteiger partial charge in [-0.05, 0) is 52.9 Å². The molecule has 0 N–H and O–H groups in total. The number of nitrogens with zero attached hydrogens (tertiary/aromatic N) is 2. The van der Waals surface area contributed by atoms with E-state index in [9.17, 15) is 0 Å². The molecule has 6 heteroatoms. The molecule has 2 aromatic carbocycles. The summed E-state index contributed by atoms with van der Waals surface area (Å²) in [5, 5.41) is 2.78. The van der Waals surface area contributed by atoms with Crippen molar-refractivity contribution < 1.29 is 4.74 Å². The van der Waals surface area contributed by atoms with Gasteiger partial charge in [-0.25, -0.2) is 4.98 Å². The highest BCUT2D eigenvalue weighted by Crippen LogP contribution is 2.39. The molecule has 0 fully saturated rings. The summed E-state index contributed by atoms with van der Waals surface area (Å²) in [6.45, 7) is 0.626. The van der Waals surface area contributed by atoms with Crippen molar-refractivity contribution in [3.63, 3.8) is 0 Å². The molecule has 0 amide bonds. The van der Waals surface area contributed by atoms with Crippen LogP contribution in [0.3, 0.4) is 0 Å². The standard InChI is InChI=1S/C24H17ClN2OS2/c1-28-18-5-2-4-17(12-18)27-14-21-23(24(27)29)19(15-7-9-16(25)10-8-15)13-20(26-21)22-6-3-11-30-22/h2-13H,14H2,1H3. The molecular formula is C24H17ClN2OS2. The Hall–Kier alpha value is -2.73. The Morgan fingerprint density at radius 2 is 1.90 bits per heavy atom. The highest BCUT2D eigenvalue weighted by atomic mass is 35.5. The number of rotatable bonds is 4. The van der Waals surface area contributed by atoms with Gasteiger partial charge in [-0.2, -0.15) is 0 Å². The van der Waals surface area contributed by atoms with Crippen molar-refractivity contribution in [1.29, 1.82) is 0 Å². The highest BCUT2D eigenvalue weighted by molar-refractivity contribution is 7.81. The molecule has 3 heterocycles. The van der Waals surface area contributed by atoms with Crippen LogP contribution in [0.5, 0.6) is 5.75 Å². The lowest BCUT2D eigenvalue weighted by Crippen LogP contribution is -2.22. The van der Waals surface area contributed by atoms with E-state index in [0.29, 0.717) is 11.6 Å². The Balaban J connectivity index is 1.66. The van der Waals surface area contributed by atoms with Crippen molar-refractivity contribution in [2.24, 2.45) is 0 Å². The molecule has 0 saturated carbocycles. The van der Waals surface area contributed by atoms with Gasteiger partial charge in [0.1, 0.15) is 10.7 Å². The van der Waals surface area contributed by atoms with E-state index in [1.807, 2.05) is 54.6 Å². The maximum absolute atomic E-state index is 6.13. The van der Waals surface area contributed by atoms with Crippen LogP contribution < -0.4 is 9.64 Å². The summed E-state index contributed by atoms with van der Waals surface area (Å²) in [6, 6.07) is 22.1. The molecule has 0 spiro atoms. The third kappa shape index (κ3) is 3.39. The van der Waals surface area contributed by atoms with E-state index in [2.05, 4.69) is 22.4 Å². The predicted octanol–water partition coefficient (Wildman–Crippen LogP) is 6.83. The summed E-state index contributed by atoms with van der Waals surface area (Å²) in [5.74, 6) is 0.802. The largest absolute Gasteiger partial charge is 0.497 e. The van der Waals surface area contributed by atoms with E-state index < -0.39 is 0 Å². The average Bonchev–Trinajstić information content (AvgIpc) is 3.42. The zero-order valence-electron chi connectivity index (χ0n) is 16.1. The van der Waals surface area contributed by atoms with Crippen molar-refractivity contribution in [2.75, 3.05) is 12.0 Å². The van der Waals surface area contributed by atoms with Gasteiger partial charge in [-0.15, -0.1) is 11.3 Å². The van der Waals surface area contributed by atoms with Gasteiger partial charge in [0.05, 0.1) is 29.9 Å². The molecule has 0 saturated heterocycles. The number of thiophene rings is 1. The first-order valence-electron chi connectivity index (χ1n) is 9.43. The van der Waals surface area contributed by atoms with Crippen molar-refractivity contribution in [3.05, 3.63) is 88.4 Å². The quantitative estimate of drug-likeness (QED) is 0.319. The van der Waals surface area contributed by atoms with Crippen molar-refractivity contribution in [2.45, 2.75) is 6.54 Å². The summed E-state index contributed by atoms with van der Waals surface area (Å²) in [6.07, 6.45) is 0. The van der Waals surface area contributed by atoms with E-state index in [1.165, 1.54) is 0 Å². The number of ether oxygens (including phenoxy) is 1. The maximum Gasteiger partial charge on any atom is 0.120 e. The number of benzene rings is 2. The number of halogens is 1. The van der Waals surface area contributed by atoms with Crippen molar-refractivity contribution in [3.8, 4) is 27.4 Å². The third-order valence-electron chi connectivity index (χ3n) is 5.16. The second-order valence-electron chi connectivity index (χ2n) is 6.95. The van der Waals surface area contributed by atoms with Gasteiger partial charge in [0.2, 0.25) is 0 Å². The number of hydrogen-bond donors (Lipinski definition) is 0. The number of fused-ring (bicyclic) bond motifs is 1. The number of anilines is 1. The number of methoxy groups -OCH3 is 1. The highest BCUT2D eigenvalue weighted by Gasteiger charge is 2.30. The maximum atomic E-state index is 6.13. The van der Waals surface area contributed by atoms with E-state index in [0.717, 1.165) is 49.4 Å². The first-order chi connectivity index (χ1) is 14.6. The zero-order valence-corrected chi connectivity index (χ0v) is 18.5. The Morgan fingerprint density at radius 1 is 1.07 bits per heavy atom. The molecule has 1 aliphatic rings. The Labute approximate surface area is 189 Å². The molecule has 5 rings (SSSR count). The molecule has 3 nitrogen and oxygen atoms in total. The lowest BCUT2D eigenvalue weighted by molar-refractivity contribution is 0.415. The molecule has 2 aromatic heterocycles. The van der Waals surface area contributed by atoms with Gasteiger partial charge in [-0.1, -0.05) is 48.1 Å². The van der Waals surface area contributed by atoms with Gasteiger partial charge in [0.15, 0.2) is 0 Å². The fourth-order valence-corrected chi connectivity index (χ4v) is 4.91. The first-order valence-corrected chi connectivity index (χ1v) is 11.1. The number of hydrogen-bond acceptors (Lipinski definition) is 4. The molecule has 4 aromatic rings. The topological polar surface area (TPSA) is 25.4 Å². The van der Waals surface area contributed by atoms with Gasteiger partial charge in [0.25, 0.3) is 0 Å². The minimum atomic E-state index is 0.626. The fourth-order valence-electron chi connectivity index (χ4n) is 3.70. The predicted molar refractivity (Wildman–Crippen MR) is 129 cm³/mol. The number of aromatic nitrogens is 1. The minimum Gasteiger partial charge on any atom is -0.497 e. The van der Waals surface area contributed by atoms with E-state index in [-0.39, 0.29) is 0 Å². The fraction of sp³-hybridized carbons (Fsp3) is 0.0833. The van der Waals surface area contributed by atoms with Gasteiger partial charge < -0.3 is 9.64 Å². The van der Waals surface area contributed by atoms with Crippen LogP contribution in [-0.2, 0) is 6.54 Å². The SMILES string of the molecule is COc1cccc(N2Cc3nc(-c4cccs4)cc(-c4ccc(Cl)cc4)c3C2=S)c1. The van der Waals surface area contributed by atoms with Crippen molar-refractivity contribution in [1.82, 2.24) is 4.98 Å². The smallest absolute Gasteiger partial charge is 0.120 e. The van der Waals surface area contributed by atoms with Crippen LogP contribution >= 0.6 is 35.2 Å². The molecule has 0 radical (unpaired) electrons. The van der Waals surface area contributed by atoms with Crippen LogP contribution in [0, 0.1) is 0 Å². The van der Waals surface area contributed by atoms with E-state index in [4.69, 9.17) is 33.5 Å². The zero-order chi connectivity index (χ0) is 20.7. The Bertz CT molecular complexity index is 1240. The molecule has 30 heavy (non-hydrogen) atoms. The third-order valence-corrected chi connectivity index (χ3v) is 6.72. The summed E-state index contributed by atoms with van der Waals surface area (Å²) >= 11 is 13.8. The molecule has 148 valence electrons. The first kappa shape index (κ1) is 19.2. The minimum absolute atomic E-state index is 0.626. The lowest BCUT2D eigenvalue weighted by Gasteiger charge is -2.19. The molecule has 0 atom stereocenters. The van der Waals surface area contributed by atoms with E-state index in [1.54, 1.807) is 18.4 Å². The van der Waals surface area contributed by atoms with Crippen LogP contribution in [0.1, 0.15) is 11.3 Å². The monoisotopic (exact) mass is 448 g/mol. The van der Waals surface area contributed by atoms with Gasteiger partial charge >= 0.3 is 0 Å². The average molecular weight is 449 g/mol. The van der Waals surface area contributed by atoms with Crippen LogP contribution in [0.25, 0.3) is 21.7 Å². The molecule has 1 aliphatic heterocycles. The molecule has 0 aliphatic carbocycles. The second kappa shape index (κ2) is 7.84. The number of pyridine rings is 1. The molecule has 0 unspecified atom stereocenters. The lowest BCUT2D eigenvalue weighted by atomic mass is 9.98. The Morgan fingerprint density at radius 3 is 2.63 bits per heavy atom. The number of thiocarbonyl (C=S) groups is 1. The molecule has 0 bridgehead atoms. The van der Waals surface area contributed by atoms with Gasteiger partial charge in [0, 0.05) is 22.3 Å².